The van der Waals surface area contributed by atoms with E-state index in [9.17, 15) is 13.9 Å². The summed E-state index contributed by atoms with van der Waals surface area (Å²) in [5.74, 6) is -1.89. The van der Waals surface area contributed by atoms with E-state index in [0.29, 0.717) is 32.7 Å². The number of aliphatic hydroxyl groups is 1. The van der Waals surface area contributed by atoms with Gasteiger partial charge < -0.3 is 9.84 Å². The van der Waals surface area contributed by atoms with Crippen LogP contribution in [0.3, 0.4) is 0 Å². The van der Waals surface area contributed by atoms with Crippen molar-refractivity contribution in [3.8, 4) is 0 Å². The minimum Gasteiger partial charge on any atom is -0.386 e. The van der Waals surface area contributed by atoms with Crippen LogP contribution in [0, 0.1) is 11.6 Å². The molecule has 0 spiro atoms. The van der Waals surface area contributed by atoms with Crippen molar-refractivity contribution in [2.45, 2.75) is 31.9 Å². The highest BCUT2D eigenvalue weighted by atomic mass is 19.2. The van der Waals surface area contributed by atoms with Crippen LogP contribution in [0.2, 0.25) is 0 Å². The molecule has 5 heteroatoms. The van der Waals surface area contributed by atoms with Gasteiger partial charge in [-0.3, -0.25) is 4.90 Å². The topological polar surface area (TPSA) is 32.7 Å². The number of halogens is 2. The van der Waals surface area contributed by atoms with Crippen molar-refractivity contribution in [1.82, 2.24) is 4.90 Å². The second kappa shape index (κ2) is 6.16. The predicted octanol–water partition coefficient (Wildman–Crippen LogP) is 2.50. The molecule has 2 rings (SSSR count). The molecule has 1 saturated heterocycles. The third kappa shape index (κ3) is 2.71. The fourth-order valence-electron chi connectivity index (χ4n) is 2.73. The molecule has 1 aliphatic rings. The van der Waals surface area contributed by atoms with E-state index in [2.05, 4.69) is 4.90 Å². The summed E-state index contributed by atoms with van der Waals surface area (Å²) in [7, 11) is 0. The van der Waals surface area contributed by atoms with Crippen LogP contribution in [-0.2, 0) is 4.74 Å². The number of rotatable bonds is 4. The summed E-state index contributed by atoms with van der Waals surface area (Å²) in [4.78, 5) is 2.09. The van der Waals surface area contributed by atoms with Crippen molar-refractivity contribution in [2.24, 2.45) is 0 Å². The monoisotopic (exact) mass is 285 g/mol. The first-order valence-electron chi connectivity index (χ1n) is 6.95. The maximum Gasteiger partial charge on any atom is 0.164 e. The normalized spacial score (nSPS) is 21.4. The molecule has 0 radical (unpaired) electrons. The molecule has 1 heterocycles. The Balaban J connectivity index is 2.32. The van der Waals surface area contributed by atoms with Crippen molar-refractivity contribution in [2.75, 3.05) is 26.3 Å². The Morgan fingerprint density at radius 1 is 1.35 bits per heavy atom. The molecule has 0 amide bonds. The van der Waals surface area contributed by atoms with Crippen LogP contribution in [-0.4, -0.2) is 41.8 Å². The minimum atomic E-state index is -1.08. The zero-order valence-corrected chi connectivity index (χ0v) is 11.9. The molecular weight excluding hydrogens is 264 g/mol. The molecule has 3 nitrogen and oxygen atoms in total. The molecule has 112 valence electrons. The van der Waals surface area contributed by atoms with Crippen LogP contribution < -0.4 is 0 Å². The van der Waals surface area contributed by atoms with Crippen molar-refractivity contribution in [1.29, 1.82) is 0 Å². The van der Waals surface area contributed by atoms with Crippen LogP contribution in [0.1, 0.15) is 31.9 Å². The summed E-state index contributed by atoms with van der Waals surface area (Å²) in [6.45, 7) is 6.36. The molecule has 1 fully saturated rings. The van der Waals surface area contributed by atoms with Crippen molar-refractivity contribution in [3.05, 3.63) is 35.4 Å². The lowest BCUT2D eigenvalue weighted by Gasteiger charge is -2.46. The Bertz CT molecular complexity index is 463. The van der Waals surface area contributed by atoms with Gasteiger partial charge in [0.25, 0.3) is 0 Å². The molecule has 1 aliphatic heterocycles. The molecule has 20 heavy (non-hydrogen) atoms. The average molecular weight is 285 g/mol. The molecule has 1 aromatic carbocycles. The number of hydrogen-bond donors (Lipinski definition) is 1. The van der Waals surface area contributed by atoms with Gasteiger partial charge in [-0.1, -0.05) is 19.1 Å². The number of aliphatic hydroxyl groups excluding tert-OH is 1. The van der Waals surface area contributed by atoms with Gasteiger partial charge in [-0.2, -0.15) is 0 Å². The number of ether oxygens (including phenoxy) is 1. The van der Waals surface area contributed by atoms with Crippen LogP contribution in [0.5, 0.6) is 0 Å². The van der Waals surface area contributed by atoms with Gasteiger partial charge in [-0.05, 0) is 19.4 Å². The molecule has 1 aromatic rings. The number of morpholine rings is 1. The smallest absolute Gasteiger partial charge is 0.164 e. The zero-order chi connectivity index (χ0) is 14.8. The summed E-state index contributed by atoms with van der Waals surface area (Å²) in [6, 6.07) is 3.92. The second-order valence-electron chi connectivity index (χ2n) is 5.36. The van der Waals surface area contributed by atoms with Gasteiger partial charge in [0.2, 0.25) is 0 Å². The van der Waals surface area contributed by atoms with Gasteiger partial charge in [-0.25, -0.2) is 8.78 Å². The van der Waals surface area contributed by atoms with Crippen molar-refractivity contribution in [3.63, 3.8) is 0 Å². The minimum absolute atomic E-state index is 0.0147. The molecular formula is C15H21F2NO2. The standard InChI is InChI=1S/C15H21F2NO2/c1-3-15(2,18-7-9-20-10-8-18)14(19)11-5-4-6-12(16)13(11)17/h4-6,14,19H,3,7-10H2,1-2H3. The van der Waals surface area contributed by atoms with E-state index in [1.807, 2.05) is 13.8 Å². The second-order valence-corrected chi connectivity index (χ2v) is 5.36. The third-order valence-corrected chi connectivity index (χ3v) is 4.31. The van der Waals surface area contributed by atoms with E-state index in [1.165, 1.54) is 12.1 Å². The summed E-state index contributed by atoms with van der Waals surface area (Å²) in [6.07, 6.45) is -0.453. The van der Waals surface area contributed by atoms with Crippen LogP contribution in [0.25, 0.3) is 0 Å². The fourth-order valence-corrected chi connectivity index (χ4v) is 2.73. The van der Waals surface area contributed by atoms with Gasteiger partial charge in [0.05, 0.1) is 19.3 Å². The van der Waals surface area contributed by atoms with Gasteiger partial charge in [0.15, 0.2) is 11.6 Å². The molecule has 2 unspecified atom stereocenters. The molecule has 0 bridgehead atoms. The highest BCUT2D eigenvalue weighted by Gasteiger charge is 2.40. The van der Waals surface area contributed by atoms with E-state index >= 15 is 0 Å². The van der Waals surface area contributed by atoms with Gasteiger partial charge in [-0.15, -0.1) is 0 Å². The summed E-state index contributed by atoms with van der Waals surface area (Å²) < 4.78 is 32.6. The molecule has 0 saturated carbocycles. The van der Waals surface area contributed by atoms with E-state index in [4.69, 9.17) is 4.74 Å². The molecule has 1 N–H and O–H groups in total. The quantitative estimate of drug-likeness (QED) is 0.922. The van der Waals surface area contributed by atoms with Gasteiger partial charge >= 0.3 is 0 Å². The Kier molecular flexibility index (Phi) is 4.73. The maximum absolute atomic E-state index is 13.9. The highest BCUT2D eigenvalue weighted by Crippen LogP contribution is 2.36. The summed E-state index contributed by atoms with van der Waals surface area (Å²) in [5, 5.41) is 10.6. The number of benzene rings is 1. The largest absolute Gasteiger partial charge is 0.386 e. The summed E-state index contributed by atoms with van der Waals surface area (Å²) >= 11 is 0. The van der Waals surface area contributed by atoms with E-state index in [-0.39, 0.29) is 5.56 Å². The fraction of sp³-hybridized carbons (Fsp3) is 0.600. The Hall–Kier alpha value is -1.04. The van der Waals surface area contributed by atoms with Gasteiger partial charge in [0.1, 0.15) is 0 Å². The van der Waals surface area contributed by atoms with Crippen molar-refractivity contribution < 1.29 is 18.6 Å². The van der Waals surface area contributed by atoms with Crippen LogP contribution in [0.4, 0.5) is 8.78 Å². The number of hydrogen-bond acceptors (Lipinski definition) is 3. The first kappa shape index (κ1) is 15.4. The van der Waals surface area contributed by atoms with Gasteiger partial charge in [0, 0.05) is 24.2 Å². The lowest BCUT2D eigenvalue weighted by Crippen LogP contribution is -2.54. The molecule has 2 atom stereocenters. The third-order valence-electron chi connectivity index (χ3n) is 4.31. The predicted molar refractivity (Wildman–Crippen MR) is 72.4 cm³/mol. The van der Waals surface area contributed by atoms with Crippen LogP contribution >= 0.6 is 0 Å². The summed E-state index contributed by atoms with van der Waals surface area (Å²) in [5.41, 5.74) is -0.626. The lowest BCUT2D eigenvalue weighted by molar-refractivity contribution is -0.0744. The SMILES string of the molecule is CCC(C)(C(O)c1cccc(F)c1F)N1CCOCC1. The Morgan fingerprint density at radius 2 is 2.00 bits per heavy atom. The Morgan fingerprint density at radius 3 is 2.60 bits per heavy atom. The Labute approximate surface area is 118 Å². The van der Waals surface area contributed by atoms with E-state index in [0.717, 1.165) is 6.07 Å². The maximum atomic E-state index is 13.9. The highest BCUT2D eigenvalue weighted by molar-refractivity contribution is 5.24. The first-order chi connectivity index (χ1) is 9.50. The molecule has 0 aromatic heterocycles. The van der Waals surface area contributed by atoms with E-state index < -0.39 is 23.3 Å². The van der Waals surface area contributed by atoms with E-state index in [1.54, 1.807) is 0 Å². The number of nitrogens with zero attached hydrogens (tertiary/aromatic N) is 1. The zero-order valence-electron chi connectivity index (χ0n) is 11.9. The van der Waals surface area contributed by atoms with Crippen molar-refractivity contribution >= 4 is 0 Å². The lowest BCUT2D eigenvalue weighted by atomic mass is 9.84. The molecule has 0 aliphatic carbocycles. The average Bonchev–Trinajstić information content (AvgIpc) is 2.49. The van der Waals surface area contributed by atoms with Crippen LogP contribution in [0.15, 0.2) is 18.2 Å². The first-order valence-corrected chi connectivity index (χ1v) is 6.95.